The van der Waals surface area contributed by atoms with Crippen LogP contribution >= 0.6 is 7.82 Å². The van der Waals surface area contributed by atoms with Gasteiger partial charge in [0.25, 0.3) is 0 Å². The molecule has 0 heterocycles. The molecular formula is C42H82NO10P. The molecule has 0 saturated heterocycles. The normalized spacial score (nSPS) is 13.7. The molecular weight excluding hydrogens is 709 g/mol. The first kappa shape index (κ1) is 52.5. The van der Waals surface area contributed by atoms with Crippen molar-refractivity contribution < 1.29 is 47.8 Å². The Balaban J connectivity index is 3.77. The number of unbranched alkanes of at least 4 members (excludes halogenated alkanes) is 28. The van der Waals surface area contributed by atoms with Crippen molar-refractivity contribution in [1.29, 1.82) is 0 Å². The molecule has 0 aromatic heterocycles. The van der Waals surface area contributed by atoms with E-state index in [0.717, 1.165) is 38.5 Å². The number of hydrogen-bond donors (Lipinski definition) is 4. The van der Waals surface area contributed by atoms with E-state index < -0.39 is 57.6 Å². The van der Waals surface area contributed by atoms with Gasteiger partial charge >= 0.3 is 19.8 Å². The number of amides is 1. The lowest BCUT2D eigenvalue weighted by Gasteiger charge is -2.18. The third kappa shape index (κ3) is 37.4. The van der Waals surface area contributed by atoms with Crippen LogP contribution in [-0.4, -0.2) is 64.9 Å². The molecule has 12 heteroatoms. The second kappa shape index (κ2) is 38.4. The highest BCUT2D eigenvalue weighted by Gasteiger charge is 2.28. The summed E-state index contributed by atoms with van der Waals surface area (Å²) in [5.74, 6) is -2.36. The topological polar surface area (TPSA) is 169 Å². The summed E-state index contributed by atoms with van der Waals surface area (Å²) in [6, 6.07) is -1.54. The highest BCUT2D eigenvalue weighted by molar-refractivity contribution is 7.47. The summed E-state index contributed by atoms with van der Waals surface area (Å²) in [5.41, 5.74) is 0. The van der Waals surface area contributed by atoms with Crippen LogP contribution in [0, 0.1) is 0 Å². The van der Waals surface area contributed by atoms with Gasteiger partial charge in [-0.15, -0.1) is 0 Å². The summed E-state index contributed by atoms with van der Waals surface area (Å²) < 4.78 is 26.8. The van der Waals surface area contributed by atoms with Crippen molar-refractivity contribution >= 4 is 25.7 Å². The number of aliphatic carboxylic acids is 1. The number of nitrogens with one attached hydrogen (secondary N) is 1. The highest BCUT2D eigenvalue weighted by Crippen LogP contribution is 2.43. The number of ether oxygens (including phenoxy) is 1. The maximum Gasteiger partial charge on any atom is 0.472 e. The van der Waals surface area contributed by atoms with E-state index in [1.54, 1.807) is 0 Å². The van der Waals surface area contributed by atoms with E-state index in [4.69, 9.17) is 13.8 Å². The Labute approximate surface area is 329 Å². The molecule has 0 aromatic rings. The first-order chi connectivity index (χ1) is 26.1. The molecule has 3 unspecified atom stereocenters. The van der Waals surface area contributed by atoms with E-state index in [1.807, 2.05) is 0 Å². The maximum absolute atomic E-state index is 12.2. The standard InChI is InChI=1S/C42H82NO10P/c1-3-5-7-9-11-13-14-15-16-17-18-19-20-21-22-23-24-26-28-30-32-34-41(46)51-35-38(44)36-52-54(49,50)53-37-39(42(47)48)43-40(45)33-31-29-27-25-12-10-8-6-4-2/h38-39,44H,3-37H2,1-2H3,(H,43,45)(H,47,48)(H,49,50). The molecule has 0 aliphatic heterocycles. The van der Waals surface area contributed by atoms with E-state index in [1.165, 1.54) is 141 Å². The number of carboxylic acids is 1. The fourth-order valence-electron chi connectivity index (χ4n) is 6.43. The lowest BCUT2D eigenvalue weighted by Crippen LogP contribution is -2.43. The van der Waals surface area contributed by atoms with Crippen molar-refractivity contribution in [2.75, 3.05) is 19.8 Å². The van der Waals surface area contributed by atoms with Crippen LogP contribution in [0.5, 0.6) is 0 Å². The minimum atomic E-state index is -4.74. The van der Waals surface area contributed by atoms with E-state index >= 15 is 0 Å². The number of hydrogen-bond acceptors (Lipinski definition) is 8. The zero-order chi connectivity index (χ0) is 40.0. The molecule has 0 spiro atoms. The summed E-state index contributed by atoms with van der Waals surface area (Å²) in [6.07, 6.45) is 35.8. The van der Waals surface area contributed by atoms with E-state index in [9.17, 15) is 34.1 Å². The van der Waals surface area contributed by atoms with Gasteiger partial charge in [0.1, 0.15) is 12.7 Å². The Morgan fingerprint density at radius 2 is 0.852 bits per heavy atom. The molecule has 0 aliphatic carbocycles. The predicted octanol–water partition coefficient (Wildman–Crippen LogP) is 11.1. The molecule has 0 radical (unpaired) electrons. The Morgan fingerprint density at radius 1 is 0.519 bits per heavy atom. The fraction of sp³-hybridized carbons (Fsp3) is 0.929. The highest BCUT2D eigenvalue weighted by atomic mass is 31.2. The van der Waals surface area contributed by atoms with Crippen molar-refractivity contribution in [3.05, 3.63) is 0 Å². The molecule has 320 valence electrons. The number of phosphoric ester groups is 1. The van der Waals surface area contributed by atoms with Gasteiger partial charge in [0.15, 0.2) is 6.04 Å². The van der Waals surface area contributed by atoms with Gasteiger partial charge in [-0.25, -0.2) is 9.36 Å². The molecule has 1 amide bonds. The molecule has 4 N–H and O–H groups in total. The average molecular weight is 792 g/mol. The molecule has 0 aromatic carbocycles. The first-order valence-electron chi connectivity index (χ1n) is 22.1. The van der Waals surface area contributed by atoms with E-state index in [2.05, 4.69) is 19.2 Å². The Kier molecular flexibility index (Phi) is 37.3. The molecule has 11 nitrogen and oxygen atoms in total. The maximum atomic E-state index is 12.2. The van der Waals surface area contributed by atoms with Gasteiger partial charge in [-0.1, -0.05) is 194 Å². The molecule has 0 rings (SSSR count). The minimum absolute atomic E-state index is 0.150. The van der Waals surface area contributed by atoms with Crippen molar-refractivity contribution in [2.45, 2.75) is 231 Å². The average Bonchev–Trinajstić information content (AvgIpc) is 3.14. The van der Waals surface area contributed by atoms with Crippen molar-refractivity contribution in [3.63, 3.8) is 0 Å². The van der Waals surface area contributed by atoms with Gasteiger partial charge in [0, 0.05) is 12.8 Å². The number of carbonyl (C=O) groups excluding carboxylic acids is 2. The summed E-state index contributed by atoms with van der Waals surface area (Å²) >= 11 is 0. The van der Waals surface area contributed by atoms with Gasteiger partial charge < -0.3 is 25.2 Å². The number of rotatable bonds is 42. The summed E-state index contributed by atoms with van der Waals surface area (Å²) in [4.78, 5) is 45.7. The number of carbonyl (C=O) groups is 3. The van der Waals surface area contributed by atoms with E-state index in [-0.39, 0.29) is 12.8 Å². The van der Waals surface area contributed by atoms with Crippen LogP contribution < -0.4 is 5.32 Å². The molecule has 54 heavy (non-hydrogen) atoms. The number of aliphatic hydroxyl groups excluding tert-OH is 1. The monoisotopic (exact) mass is 792 g/mol. The number of carboxylic acid groups (broad SMARTS) is 1. The molecule has 0 bridgehead atoms. The van der Waals surface area contributed by atoms with Crippen LogP contribution in [-0.2, 0) is 32.7 Å². The van der Waals surface area contributed by atoms with Gasteiger partial charge in [0.2, 0.25) is 5.91 Å². The van der Waals surface area contributed by atoms with Crippen molar-refractivity contribution in [1.82, 2.24) is 5.32 Å². The van der Waals surface area contributed by atoms with Gasteiger partial charge in [-0.05, 0) is 12.8 Å². The van der Waals surface area contributed by atoms with Crippen LogP contribution in [0.25, 0.3) is 0 Å². The second-order valence-electron chi connectivity index (χ2n) is 15.3. The van der Waals surface area contributed by atoms with Crippen molar-refractivity contribution in [3.8, 4) is 0 Å². The third-order valence-corrected chi connectivity index (χ3v) is 10.8. The third-order valence-electron chi connectivity index (χ3n) is 9.90. The van der Waals surface area contributed by atoms with Gasteiger partial charge in [-0.3, -0.25) is 18.6 Å². The zero-order valence-electron chi connectivity index (χ0n) is 34.6. The summed E-state index contributed by atoms with van der Waals surface area (Å²) in [7, 11) is -4.74. The quantitative estimate of drug-likeness (QED) is 0.0265. The van der Waals surface area contributed by atoms with Crippen LogP contribution in [0.2, 0.25) is 0 Å². The zero-order valence-corrected chi connectivity index (χ0v) is 35.4. The number of esters is 1. The molecule has 0 saturated carbocycles. The van der Waals surface area contributed by atoms with Crippen LogP contribution in [0.15, 0.2) is 0 Å². The lowest BCUT2D eigenvalue weighted by molar-refractivity contribution is -0.147. The fourth-order valence-corrected chi connectivity index (χ4v) is 7.21. The largest absolute Gasteiger partial charge is 0.480 e. The SMILES string of the molecule is CCCCCCCCCCCCCCCCCCCCCCCC(=O)OCC(O)COP(=O)(O)OCC(NC(=O)CCCCCCCCCCC)C(=O)O. The van der Waals surface area contributed by atoms with Crippen molar-refractivity contribution in [2.24, 2.45) is 0 Å². The second-order valence-corrected chi connectivity index (χ2v) is 16.7. The Bertz CT molecular complexity index is 937. The Morgan fingerprint density at radius 3 is 1.22 bits per heavy atom. The summed E-state index contributed by atoms with van der Waals surface area (Å²) in [5, 5.41) is 21.7. The van der Waals surface area contributed by atoms with Gasteiger partial charge in [-0.2, -0.15) is 0 Å². The van der Waals surface area contributed by atoms with Crippen LogP contribution in [0.1, 0.15) is 219 Å². The lowest BCUT2D eigenvalue weighted by atomic mass is 10.0. The molecule has 3 atom stereocenters. The summed E-state index contributed by atoms with van der Waals surface area (Å²) in [6.45, 7) is 2.58. The molecule has 0 aliphatic rings. The Hall–Kier alpha value is -1.52. The first-order valence-corrected chi connectivity index (χ1v) is 23.6. The van der Waals surface area contributed by atoms with E-state index in [0.29, 0.717) is 12.8 Å². The predicted molar refractivity (Wildman–Crippen MR) is 217 cm³/mol. The van der Waals surface area contributed by atoms with Crippen LogP contribution in [0.4, 0.5) is 0 Å². The van der Waals surface area contributed by atoms with Gasteiger partial charge in [0.05, 0.1) is 13.2 Å². The number of aliphatic hydroxyl groups is 1. The smallest absolute Gasteiger partial charge is 0.472 e. The minimum Gasteiger partial charge on any atom is -0.480 e. The number of phosphoric acid groups is 1. The molecule has 0 fully saturated rings. The van der Waals surface area contributed by atoms with Crippen LogP contribution in [0.3, 0.4) is 0 Å².